The SMILES string of the molecule is C=C(C)[C@@H]1C[C@@]2(C)[C@@H](CC[C@@H](OC(=O)/C=C/C=C(C)/C=C/CCCCC)[C@@H]2C)C(=O)[C@@H]1O. The van der Waals surface area contributed by atoms with E-state index >= 15 is 0 Å². The van der Waals surface area contributed by atoms with Gasteiger partial charge in [-0.3, -0.25) is 4.79 Å². The van der Waals surface area contributed by atoms with Gasteiger partial charge in [0.1, 0.15) is 12.2 Å². The molecule has 0 amide bonds. The van der Waals surface area contributed by atoms with Gasteiger partial charge in [0.25, 0.3) is 0 Å². The molecular formula is C28H42O4. The van der Waals surface area contributed by atoms with E-state index in [2.05, 4.69) is 39.5 Å². The van der Waals surface area contributed by atoms with Crippen LogP contribution in [0.5, 0.6) is 0 Å². The van der Waals surface area contributed by atoms with Crippen LogP contribution in [0.1, 0.15) is 79.6 Å². The second kappa shape index (κ2) is 11.8. The van der Waals surface area contributed by atoms with E-state index in [-0.39, 0.29) is 41.0 Å². The van der Waals surface area contributed by atoms with Crippen LogP contribution in [-0.2, 0) is 14.3 Å². The number of Topliss-reactive ketones (excluding diaryl/α,β-unsaturated/α-hetero) is 1. The third-order valence-corrected chi connectivity index (χ3v) is 7.66. The summed E-state index contributed by atoms with van der Waals surface area (Å²) in [6.07, 6.45) is 14.9. The van der Waals surface area contributed by atoms with Crippen molar-refractivity contribution in [3.05, 3.63) is 48.1 Å². The van der Waals surface area contributed by atoms with Gasteiger partial charge in [-0.2, -0.15) is 0 Å². The van der Waals surface area contributed by atoms with Crippen molar-refractivity contribution in [1.29, 1.82) is 0 Å². The van der Waals surface area contributed by atoms with Crippen LogP contribution in [0.2, 0.25) is 0 Å². The number of esters is 1. The standard InChI is InChI=1S/C28H42O4/c1-7-8-9-10-11-13-20(4)14-12-15-25(29)32-24-17-16-23-27(31)26(30)22(19(2)3)18-28(23,6)21(24)5/h11-15,21-24,26,30H,2,7-10,16-18H2,1,3-6H3/b13-11+,15-12+,20-14+/t21-,22-,23-,24+,26+,28+/m0/s1. The Labute approximate surface area is 194 Å². The highest BCUT2D eigenvalue weighted by Gasteiger charge is 2.56. The van der Waals surface area contributed by atoms with Crippen LogP contribution < -0.4 is 0 Å². The van der Waals surface area contributed by atoms with Crippen molar-refractivity contribution in [3.63, 3.8) is 0 Å². The molecule has 0 unspecified atom stereocenters. The van der Waals surface area contributed by atoms with Crippen LogP contribution in [-0.4, -0.2) is 29.1 Å². The minimum absolute atomic E-state index is 0.0280. The number of hydrogen-bond donors (Lipinski definition) is 1. The maximum Gasteiger partial charge on any atom is 0.331 e. The van der Waals surface area contributed by atoms with E-state index in [1.807, 2.05) is 19.9 Å². The molecule has 0 bridgehead atoms. The molecule has 4 nitrogen and oxygen atoms in total. The molecule has 0 heterocycles. The van der Waals surface area contributed by atoms with Crippen LogP contribution in [0, 0.1) is 23.2 Å². The third-order valence-electron chi connectivity index (χ3n) is 7.66. The quantitative estimate of drug-likeness (QED) is 0.154. The Morgan fingerprint density at radius 2 is 1.97 bits per heavy atom. The van der Waals surface area contributed by atoms with Crippen molar-refractivity contribution in [2.75, 3.05) is 0 Å². The summed E-state index contributed by atoms with van der Waals surface area (Å²) in [4.78, 5) is 25.3. The summed E-state index contributed by atoms with van der Waals surface area (Å²) in [6.45, 7) is 14.3. The molecule has 2 aliphatic rings. The van der Waals surface area contributed by atoms with E-state index in [1.54, 1.807) is 6.08 Å². The van der Waals surface area contributed by atoms with E-state index in [0.29, 0.717) is 19.3 Å². The van der Waals surface area contributed by atoms with Crippen molar-refractivity contribution < 1.29 is 19.4 Å². The summed E-state index contributed by atoms with van der Waals surface area (Å²) in [7, 11) is 0. The fourth-order valence-electron chi connectivity index (χ4n) is 5.35. The number of carbonyl (C=O) groups excluding carboxylic acids is 2. The molecule has 0 aromatic heterocycles. The molecule has 0 aromatic rings. The van der Waals surface area contributed by atoms with Crippen molar-refractivity contribution in [2.45, 2.75) is 91.8 Å². The Hall–Kier alpha value is -1.94. The Balaban J connectivity index is 1.97. The van der Waals surface area contributed by atoms with E-state index < -0.39 is 6.10 Å². The summed E-state index contributed by atoms with van der Waals surface area (Å²) < 4.78 is 5.81. The van der Waals surface area contributed by atoms with Crippen molar-refractivity contribution >= 4 is 11.8 Å². The van der Waals surface area contributed by atoms with Gasteiger partial charge in [-0.1, -0.05) is 75.6 Å². The predicted octanol–water partition coefficient (Wildman–Crippen LogP) is 6.12. The summed E-state index contributed by atoms with van der Waals surface area (Å²) in [6, 6.07) is 0. The largest absolute Gasteiger partial charge is 0.459 e. The van der Waals surface area contributed by atoms with Gasteiger partial charge in [0.2, 0.25) is 0 Å². The number of fused-ring (bicyclic) bond motifs is 1. The van der Waals surface area contributed by atoms with Crippen LogP contribution >= 0.6 is 0 Å². The van der Waals surface area contributed by atoms with E-state index in [0.717, 1.165) is 17.6 Å². The van der Waals surface area contributed by atoms with Crippen molar-refractivity contribution in [1.82, 2.24) is 0 Å². The molecule has 178 valence electrons. The number of rotatable bonds is 9. The number of ether oxygens (including phenoxy) is 1. The lowest BCUT2D eigenvalue weighted by Gasteiger charge is -2.54. The monoisotopic (exact) mass is 442 g/mol. The molecule has 2 saturated carbocycles. The van der Waals surface area contributed by atoms with Crippen LogP contribution in [0.4, 0.5) is 0 Å². The number of ketones is 1. The molecule has 0 aliphatic heterocycles. The zero-order valence-electron chi connectivity index (χ0n) is 20.6. The van der Waals surface area contributed by atoms with Gasteiger partial charge in [-0.25, -0.2) is 4.79 Å². The Morgan fingerprint density at radius 3 is 2.62 bits per heavy atom. The first-order valence-electron chi connectivity index (χ1n) is 12.2. The smallest absolute Gasteiger partial charge is 0.331 e. The highest BCUT2D eigenvalue weighted by molar-refractivity contribution is 5.88. The van der Waals surface area contributed by atoms with Gasteiger partial charge in [0.05, 0.1) is 0 Å². The second-order valence-electron chi connectivity index (χ2n) is 10.1. The lowest BCUT2D eigenvalue weighted by molar-refractivity contribution is -0.168. The van der Waals surface area contributed by atoms with Crippen LogP contribution in [0.15, 0.2) is 48.1 Å². The van der Waals surface area contributed by atoms with E-state index in [4.69, 9.17) is 4.74 Å². The number of unbranched alkanes of at least 4 members (excludes halogenated alkanes) is 3. The lowest BCUT2D eigenvalue weighted by atomic mass is 9.51. The van der Waals surface area contributed by atoms with Crippen LogP contribution in [0.3, 0.4) is 0 Å². The molecule has 0 radical (unpaired) electrons. The fourth-order valence-corrected chi connectivity index (χ4v) is 5.35. The maximum absolute atomic E-state index is 12.9. The van der Waals surface area contributed by atoms with Gasteiger partial charge in [-0.15, -0.1) is 0 Å². The zero-order chi connectivity index (χ0) is 23.9. The molecule has 0 aromatic carbocycles. The van der Waals surface area contributed by atoms with Gasteiger partial charge in [0, 0.05) is 17.9 Å². The number of hydrogen-bond acceptors (Lipinski definition) is 4. The summed E-state index contributed by atoms with van der Waals surface area (Å²) in [5.74, 6) is -0.822. The highest BCUT2D eigenvalue weighted by atomic mass is 16.5. The average molecular weight is 443 g/mol. The van der Waals surface area contributed by atoms with Crippen LogP contribution in [0.25, 0.3) is 0 Å². The van der Waals surface area contributed by atoms with Gasteiger partial charge in [0.15, 0.2) is 5.78 Å². The van der Waals surface area contributed by atoms with Gasteiger partial charge in [-0.05, 0) is 57.3 Å². The molecule has 2 aliphatic carbocycles. The van der Waals surface area contributed by atoms with Gasteiger partial charge >= 0.3 is 5.97 Å². The first kappa shape index (κ1) is 26.3. The maximum atomic E-state index is 12.9. The van der Waals surface area contributed by atoms with E-state index in [1.165, 1.54) is 25.3 Å². The Bertz CT molecular complexity index is 774. The Morgan fingerprint density at radius 1 is 1.25 bits per heavy atom. The minimum Gasteiger partial charge on any atom is -0.459 e. The molecule has 4 heteroatoms. The summed E-state index contributed by atoms with van der Waals surface area (Å²) in [5, 5.41) is 10.5. The van der Waals surface area contributed by atoms with Crippen molar-refractivity contribution in [3.8, 4) is 0 Å². The molecule has 1 N–H and O–H groups in total. The average Bonchev–Trinajstić information content (AvgIpc) is 2.73. The van der Waals surface area contributed by atoms with E-state index in [9.17, 15) is 14.7 Å². The highest BCUT2D eigenvalue weighted by Crippen LogP contribution is 2.55. The number of aliphatic hydroxyl groups is 1. The first-order chi connectivity index (χ1) is 15.1. The minimum atomic E-state index is -0.962. The van der Waals surface area contributed by atoms with Crippen molar-refractivity contribution in [2.24, 2.45) is 23.2 Å². The second-order valence-corrected chi connectivity index (χ2v) is 10.1. The number of carbonyl (C=O) groups is 2. The molecular weight excluding hydrogens is 400 g/mol. The first-order valence-corrected chi connectivity index (χ1v) is 12.2. The third kappa shape index (κ3) is 6.31. The molecule has 0 spiro atoms. The zero-order valence-corrected chi connectivity index (χ0v) is 20.6. The molecule has 2 rings (SSSR count). The number of allylic oxidation sites excluding steroid dienone is 5. The normalized spacial score (nSPS) is 33.5. The van der Waals surface area contributed by atoms with Gasteiger partial charge < -0.3 is 9.84 Å². The molecule has 0 saturated heterocycles. The summed E-state index contributed by atoms with van der Waals surface area (Å²) in [5.41, 5.74) is 1.62. The Kier molecular flexibility index (Phi) is 9.69. The summed E-state index contributed by atoms with van der Waals surface area (Å²) >= 11 is 0. The lowest BCUT2D eigenvalue weighted by Crippen LogP contribution is -2.57. The number of aliphatic hydroxyl groups excluding tert-OH is 1. The molecule has 2 fully saturated rings. The molecule has 6 atom stereocenters. The predicted molar refractivity (Wildman–Crippen MR) is 130 cm³/mol. The fraction of sp³-hybridized carbons (Fsp3) is 0.643. The topological polar surface area (TPSA) is 63.6 Å². The molecule has 32 heavy (non-hydrogen) atoms.